The Bertz CT molecular complexity index is 717. The molecule has 24 heavy (non-hydrogen) atoms. The van der Waals surface area contributed by atoms with Crippen molar-refractivity contribution in [3.8, 4) is 0 Å². The first-order chi connectivity index (χ1) is 11.6. The van der Waals surface area contributed by atoms with E-state index in [1.54, 1.807) is 21.8 Å². The summed E-state index contributed by atoms with van der Waals surface area (Å²) in [7, 11) is 0. The predicted octanol–water partition coefficient (Wildman–Crippen LogP) is 2.24. The summed E-state index contributed by atoms with van der Waals surface area (Å²) in [5, 5.41) is 7.46. The van der Waals surface area contributed by atoms with Crippen LogP contribution in [0.5, 0.6) is 0 Å². The van der Waals surface area contributed by atoms with Crippen LogP contribution in [0.25, 0.3) is 0 Å². The summed E-state index contributed by atoms with van der Waals surface area (Å²) < 4.78 is 1.78. The second-order valence-electron chi connectivity index (χ2n) is 5.72. The van der Waals surface area contributed by atoms with E-state index in [0.29, 0.717) is 43.1 Å². The third-order valence-corrected chi connectivity index (χ3v) is 4.35. The predicted molar refractivity (Wildman–Crippen MR) is 91.8 cm³/mol. The molecule has 0 bridgehead atoms. The first-order valence-corrected chi connectivity index (χ1v) is 8.35. The van der Waals surface area contributed by atoms with E-state index < -0.39 is 6.04 Å². The molecule has 0 spiro atoms. The second kappa shape index (κ2) is 7.49. The summed E-state index contributed by atoms with van der Waals surface area (Å²) in [6, 6.07) is 8.61. The van der Waals surface area contributed by atoms with Crippen molar-refractivity contribution in [1.29, 1.82) is 0 Å². The zero-order chi connectivity index (χ0) is 16.9. The lowest BCUT2D eigenvalue weighted by molar-refractivity contribution is -0.126. The van der Waals surface area contributed by atoms with Crippen molar-refractivity contribution in [2.45, 2.75) is 31.8 Å². The third kappa shape index (κ3) is 3.76. The van der Waals surface area contributed by atoms with E-state index >= 15 is 0 Å². The van der Waals surface area contributed by atoms with Crippen LogP contribution in [0.1, 0.15) is 19.3 Å². The molecule has 0 radical (unpaired) electrons. The Morgan fingerprint density at radius 1 is 1.33 bits per heavy atom. The number of halogens is 1. The van der Waals surface area contributed by atoms with E-state index in [2.05, 4.69) is 10.4 Å². The number of hydrogen-bond acceptors (Lipinski definition) is 3. The van der Waals surface area contributed by atoms with Crippen LogP contribution in [0.4, 0.5) is 5.69 Å². The highest BCUT2D eigenvalue weighted by Gasteiger charge is 2.34. The van der Waals surface area contributed by atoms with Gasteiger partial charge in [-0.2, -0.15) is 5.10 Å². The van der Waals surface area contributed by atoms with E-state index in [1.165, 1.54) is 0 Å². The zero-order valence-corrected chi connectivity index (χ0v) is 13.9. The maximum atomic E-state index is 12.5. The Kier molecular flexibility index (Phi) is 5.15. The second-order valence-corrected chi connectivity index (χ2v) is 6.13. The zero-order valence-electron chi connectivity index (χ0n) is 13.2. The Balaban J connectivity index is 1.50. The molecule has 0 unspecified atom stereocenters. The SMILES string of the molecule is O=C(CCCn1cccn1)N[C@@H]1CCN(c2ccccc2Cl)C1=O. The van der Waals surface area contributed by atoms with Gasteiger partial charge >= 0.3 is 0 Å². The number of benzene rings is 1. The normalized spacial score (nSPS) is 17.3. The molecule has 1 aromatic carbocycles. The molecule has 1 saturated heterocycles. The molecule has 7 heteroatoms. The van der Waals surface area contributed by atoms with E-state index in [4.69, 9.17) is 11.6 Å². The summed E-state index contributed by atoms with van der Waals surface area (Å²) >= 11 is 6.15. The summed E-state index contributed by atoms with van der Waals surface area (Å²) in [6.07, 6.45) is 5.22. The first-order valence-electron chi connectivity index (χ1n) is 7.98. The molecule has 0 saturated carbocycles. The quantitative estimate of drug-likeness (QED) is 0.872. The van der Waals surface area contributed by atoms with Gasteiger partial charge in [0.2, 0.25) is 11.8 Å². The third-order valence-electron chi connectivity index (χ3n) is 4.03. The van der Waals surface area contributed by atoms with Gasteiger partial charge in [0.05, 0.1) is 10.7 Å². The monoisotopic (exact) mass is 346 g/mol. The Morgan fingerprint density at radius 3 is 2.92 bits per heavy atom. The number of rotatable bonds is 6. The van der Waals surface area contributed by atoms with Crippen molar-refractivity contribution in [3.63, 3.8) is 0 Å². The van der Waals surface area contributed by atoms with Crippen LogP contribution in [0, 0.1) is 0 Å². The Labute approximate surface area is 145 Å². The fraction of sp³-hybridized carbons (Fsp3) is 0.353. The fourth-order valence-electron chi connectivity index (χ4n) is 2.82. The molecule has 3 rings (SSSR count). The van der Waals surface area contributed by atoms with Crippen molar-refractivity contribution >= 4 is 29.1 Å². The molecule has 1 aromatic heterocycles. The van der Waals surface area contributed by atoms with Crippen LogP contribution < -0.4 is 10.2 Å². The highest BCUT2D eigenvalue weighted by molar-refractivity contribution is 6.34. The van der Waals surface area contributed by atoms with Gasteiger partial charge < -0.3 is 10.2 Å². The number of aromatic nitrogens is 2. The number of carbonyl (C=O) groups is 2. The molecule has 2 aromatic rings. The summed E-state index contributed by atoms with van der Waals surface area (Å²) in [6.45, 7) is 1.24. The minimum atomic E-state index is -0.474. The van der Waals surface area contributed by atoms with Crippen LogP contribution in [0.3, 0.4) is 0 Å². The lowest BCUT2D eigenvalue weighted by atomic mass is 10.2. The summed E-state index contributed by atoms with van der Waals surface area (Å²) in [5.41, 5.74) is 0.694. The highest BCUT2D eigenvalue weighted by Crippen LogP contribution is 2.28. The molecule has 6 nitrogen and oxygen atoms in total. The van der Waals surface area contributed by atoms with Crippen molar-refractivity contribution in [2.24, 2.45) is 0 Å². The van der Waals surface area contributed by atoms with Crippen molar-refractivity contribution < 1.29 is 9.59 Å². The van der Waals surface area contributed by atoms with Crippen LogP contribution in [0.2, 0.25) is 5.02 Å². The van der Waals surface area contributed by atoms with Gasteiger partial charge in [0.1, 0.15) is 6.04 Å². The van der Waals surface area contributed by atoms with Crippen LogP contribution in [-0.4, -0.2) is 34.2 Å². The van der Waals surface area contributed by atoms with E-state index in [1.807, 2.05) is 30.5 Å². The Hall–Kier alpha value is -2.34. The molecular formula is C17H19ClN4O2. The number of aryl methyl sites for hydroxylation is 1. The van der Waals surface area contributed by atoms with E-state index in [0.717, 1.165) is 0 Å². The van der Waals surface area contributed by atoms with Crippen LogP contribution in [0.15, 0.2) is 42.7 Å². The van der Waals surface area contributed by atoms with Gasteiger partial charge in [-0.1, -0.05) is 23.7 Å². The van der Waals surface area contributed by atoms with Crippen LogP contribution >= 0.6 is 11.6 Å². The van der Waals surface area contributed by atoms with Gasteiger partial charge in [0.25, 0.3) is 0 Å². The average Bonchev–Trinajstić information content (AvgIpc) is 3.19. The van der Waals surface area contributed by atoms with Gasteiger partial charge in [-0.05, 0) is 31.0 Å². The van der Waals surface area contributed by atoms with Crippen molar-refractivity contribution in [3.05, 3.63) is 47.7 Å². The van der Waals surface area contributed by atoms with Gasteiger partial charge in [0, 0.05) is 31.9 Å². The van der Waals surface area contributed by atoms with Crippen LogP contribution in [-0.2, 0) is 16.1 Å². The smallest absolute Gasteiger partial charge is 0.249 e. The average molecular weight is 347 g/mol. The number of anilines is 1. The minimum Gasteiger partial charge on any atom is -0.344 e. The molecule has 1 aliphatic rings. The molecule has 2 heterocycles. The first kappa shape index (κ1) is 16.5. The highest BCUT2D eigenvalue weighted by atomic mass is 35.5. The minimum absolute atomic E-state index is 0.108. The molecule has 1 N–H and O–H groups in total. The van der Waals surface area contributed by atoms with E-state index in [-0.39, 0.29) is 11.8 Å². The van der Waals surface area contributed by atoms with Gasteiger partial charge in [0.15, 0.2) is 0 Å². The molecule has 126 valence electrons. The number of nitrogens with one attached hydrogen (secondary N) is 1. The lowest BCUT2D eigenvalue weighted by Gasteiger charge is -2.18. The standard InChI is InChI=1S/C17H19ClN4O2/c18-13-5-1-2-6-15(13)22-12-8-14(17(22)24)20-16(23)7-3-10-21-11-4-9-19-21/h1-2,4-6,9,11,14H,3,7-8,10,12H2,(H,20,23)/t14-/m1/s1. The Morgan fingerprint density at radius 2 is 2.17 bits per heavy atom. The molecule has 0 aliphatic carbocycles. The fourth-order valence-corrected chi connectivity index (χ4v) is 3.06. The van der Waals surface area contributed by atoms with Gasteiger partial charge in [-0.15, -0.1) is 0 Å². The van der Waals surface area contributed by atoms with Crippen molar-refractivity contribution in [2.75, 3.05) is 11.4 Å². The molecule has 1 fully saturated rings. The molecule has 2 amide bonds. The largest absolute Gasteiger partial charge is 0.344 e. The van der Waals surface area contributed by atoms with Gasteiger partial charge in [-0.3, -0.25) is 14.3 Å². The maximum absolute atomic E-state index is 12.5. The van der Waals surface area contributed by atoms with E-state index in [9.17, 15) is 9.59 Å². The summed E-state index contributed by atoms with van der Waals surface area (Å²) in [5.74, 6) is -0.218. The lowest BCUT2D eigenvalue weighted by Crippen LogP contribution is -2.41. The number of para-hydroxylation sites is 1. The number of hydrogen-bond donors (Lipinski definition) is 1. The van der Waals surface area contributed by atoms with Gasteiger partial charge in [-0.25, -0.2) is 0 Å². The van der Waals surface area contributed by atoms with Crippen molar-refractivity contribution in [1.82, 2.24) is 15.1 Å². The number of amides is 2. The maximum Gasteiger partial charge on any atom is 0.249 e. The molecular weight excluding hydrogens is 328 g/mol. The summed E-state index contributed by atoms with van der Waals surface area (Å²) in [4.78, 5) is 26.2. The topological polar surface area (TPSA) is 67.2 Å². The molecule has 1 atom stereocenters. The number of nitrogens with zero attached hydrogens (tertiary/aromatic N) is 3. The molecule has 1 aliphatic heterocycles. The number of carbonyl (C=O) groups excluding carboxylic acids is 2.